The topological polar surface area (TPSA) is 101 Å². The van der Waals surface area contributed by atoms with Gasteiger partial charge in [-0.2, -0.15) is 8.42 Å². The number of hydrogen-bond acceptors (Lipinski definition) is 5. The van der Waals surface area contributed by atoms with Gasteiger partial charge in [-0.05, 0) is 41.0 Å². The average molecular weight is 396 g/mol. The largest absolute Gasteiger partial charge is 0.507 e. The third kappa shape index (κ3) is 4.57. The molecule has 0 saturated heterocycles. The minimum atomic E-state index is -2.51. The minimum absolute atomic E-state index is 0.118. The quantitative estimate of drug-likeness (QED) is 0.618. The molecule has 0 aromatic heterocycles. The highest BCUT2D eigenvalue weighted by Gasteiger charge is 2.16. The molecule has 0 heterocycles. The molecule has 3 aromatic carbocycles. The van der Waals surface area contributed by atoms with Crippen LogP contribution in [0.1, 0.15) is 22.0 Å². The first-order chi connectivity index (χ1) is 13.4. The van der Waals surface area contributed by atoms with E-state index in [2.05, 4.69) is 0 Å². The van der Waals surface area contributed by atoms with E-state index in [-0.39, 0.29) is 11.3 Å². The molecule has 3 rings (SSSR count). The number of benzene rings is 3. The van der Waals surface area contributed by atoms with Crippen LogP contribution in [0.3, 0.4) is 0 Å². The van der Waals surface area contributed by atoms with Gasteiger partial charge in [-0.25, -0.2) is 4.79 Å². The van der Waals surface area contributed by atoms with Crippen molar-refractivity contribution < 1.29 is 28.2 Å². The summed E-state index contributed by atoms with van der Waals surface area (Å²) in [6, 6.07) is 20.5. The molecule has 0 amide bonds. The predicted octanol–water partition coefficient (Wildman–Crippen LogP) is 3.56. The number of carboxylic acids is 1. The second-order valence-electron chi connectivity index (χ2n) is 5.91. The van der Waals surface area contributed by atoms with Gasteiger partial charge < -0.3 is 14.9 Å². The molecule has 142 valence electrons. The Balaban J connectivity index is 1.99. The molecule has 0 spiro atoms. The fourth-order valence-electron chi connectivity index (χ4n) is 2.71. The molecule has 0 aliphatic carbocycles. The number of carbonyl (C=O) groups is 1. The fourth-order valence-corrected chi connectivity index (χ4v) is 3.12. The van der Waals surface area contributed by atoms with E-state index in [9.17, 15) is 18.3 Å². The van der Waals surface area contributed by atoms with Gasteiger partial charge >= 0.3 is 5.97 Å². The van der Waals surface area contributed by atoms with E-state index in [1.165, 1.54) is 12.1 Å². The van der Waals surface area contributed by atoms with Crippen molar-refractivity contribution in [3.8, 4) is 22.6 Å². The highest BCUT2D eigenvalue weighted by molar-refractivity contribution is 7.71. The fraction of sp³-hybridized carbons (Fsp3) is 0.0476. The highest BCUT2D eigenvalue weighted by Crippen LogP contribution is 2.28. The third-order valence-corrected chi connectivity index (χ3v) is 4.49. The Kier molecular flexibility index (Phi) is 5.76. The van der Waals surface area contributed by atoms with Gasteiger partial charge in [-0.1, -0.05) is 48.5 Å². The maximum atomic E-state index is 11.3. The van der Waals surface area contributed by atoms with E-state index < -0.39 is 28.1 Å². The van der Waals surface area contributed by atoms with E-state index in [0.29, 0.717) is 5.56 Å². The zero-order valence-electron chi connectivity index (χ0n) is 14.5. The molecule has 2 N–H and O–H groups in total. The Morgan fingerprint density at radius 3 is 2.32 bits per heavy atom. The molecule has 28 heavy (non-hydrogen) atoms. The summed E-state index contributed by atoms with van der Waals surface area (Å²) in [5, 5.41) is 19.7. The first-order valence-corrected chi connectivity index (χ1v) is 9.39. The van der Waals surface area contributed by atoms with E-state index in [1.54, 1.807) is 12.1 Å². The summed E-state index contributed by atoms with van der Waals surface area (Å²) in [5.41, 5.74) is 2.09. The van der Waals surface area contributed by atoms with Crippen LogP contribution in [0.4, 0.5) is 0 Å². The Hall–Kier alpha value is -3.58. The van der Waals surface area contributed by atoms with E-state index >= 15 is 0 Å². The van der Waals surface area contributed by atoms with Gasteiger partial charge in [-0.15, -0.1) is 0 Å². The van der Waals surface area contributed by atoms with E-state index in [4.69, 9.17) is 9.84 Å². The number of aromatic carboxylic acids is 1. The Morgan fingerprint density at radius 1 is 0.929 bits per heavy atom. The molecule has 7 heteroatoms. The molecular formula is C21H16O6S. The van der Waals surface area contributed by atoms with Gasteiger partial charge in [0.05, 0.1) is 5.37 Å². The molecular weight excluding hydrogens is 380 g/mol. The Bertz CT molecular complexity index is 1130. The summed E-state index contributed by atoms with van der Waals surface area (Å²) in [6.45, 7) is 0. The van der Waals surface area contributed by atoms with Crippen LogP contribution in [0.25, 0.3) is 11.1 Å². The number of ether oxygens (including phenoxy) is 1. The molecule has 1 atom stereocenters. The minimum Gasteiger partial charge on any atom is -0.507 e. The molecule has 0 radical (unpaired) electrons. The molecule has 0 fully saturated rings. The summed E-state index contributed by atoms with van der Waals surface area (Å²) in [7, 11) is -2.51. The second kappa shape index (κ2) is 8.41. The molecule has 1 unspecified atom stereocenters. The van der Waals surface area contributed by atoms with Crippen LogP contribution in [0, 0.1) is 0 Å². The average Bonchev–Trinajstić information content (AvgIpc) is 2.69. The van der Waals surface area contributed by atoms with Crippen LogP contribution in [-0.2, 0) is 10.3 Å². The zero-order chi connectivity index (χ0) is 20.1. The third-order valence-electron chi connectivity index (χ3n) is 4.02. The molecule has 0 aliphatic rings. The molecule has 3 aromatic rings. The van der Waals surface area contributed by atoms with E-state index in [1.807, 2.05) is 42.5 Å². The summed E-state index contributed by atoms with van der Waals surface area (Å²) in [5.74, 6) is -1.60. The normalized spacial score (nSPS) is 11.4. The molecule has 0 aliphatic heterocycles. The lowest BCUT2D eigenvalue weighted by Gasteiger charge is -2.16. The van der Waals surface area contributed by atoms with Gasteiger partial charge in [0.25, 0.3) is 0 Å². The van der Waals surface area contributed by atoms with Crippen LogP contribution in [0.5, 0.6) is 11.5 Å². The van der Waals surface area contributed by atoms with Crippen molar-refractivity contribution in [1.82, 2.24) is 0 Å². The summed E-state index contributed by atoms with van der Waals surface area (Å²) in [4.78, 5) is 11.2. The van der Waals surface area contributed by atoms with Crippen LogP contribution in [-0.4, -0.2) is 30.0 Å². The van der Waals surface area contributed by atoms with Crippen molar-refractivity contribution in [3.05, 3.63) is 83.9 Å². The van der Waals surface area contributed by atoms with Gasteiger partial charge in [0.15, 0.2) is 6.10 Å². The lowest BCUT2D eigenvalue weighted by atomic mass is 10.0. The summed E-state index contributed by atoms with van der Waals surface area (Å²) in [6.07, 6.45) is -0.965. The summed E-state index contributed by atoms with van der Waals surface area (Å²) < 4.78 is 28.3. The van der Waals surface area contributed by atoms with Gasteiger partial charge in [0, 0.05) is 0 Å². The van der Waals surface area contributed by atoms with Gasteiger partial charge in [0.2, 0.25) is 10.3 Å². The Morgan fingerprint density at radius 2 is 1.64 bits per heavy atom. The summed E-state index contributed by atoms with van der Waals surface area (Å²) >= 11 is 0. The van der Waals surface area contributed by atoms with Crippen LogP contribution in [0.2, 0.25) is 0 Å². The van der Waals surface area contributed by atoms with Crippen LogP contribution >= 0.6 is 0 Å². The lowest BCUT2D eigenvalue weighted by Crippen LogP contribution is -2.10. The smallest absolute Gasteiger partial charge is 0.339 e. The van der Waals surface area contributed by atoms with Crippen molar-refractivity contribution >= 4 is 21.6 Å². The van der Waals surface area contributed by atoms with Gasteiger partial charge in [0.1, 0.15) is 17.1 Å². The number of phenols is 1. The standard InChI is InChI=1S/C21H16O6S/c22-19-10-9-17(12-18(19)21(23)24)27-20(13-28(25)26)16-8-4-7-15(11-16)14-5-2-1-3-6-14/h1-13,20,22H,(H,23,24). The zero-order valence-corrected chi connectivity index (χ0v) is 15.3. The number of rotatable bonds is 6. The Labute approximate surface area is 162 Å². The monoisotopic (exact) mass is 396 g/mol. The SMILES string of the molecule is O=C(O)c1cc(OC(C=S(=O)=O)c2cccc(-c3ccccc3)c2)ccc1O. The first kappa shape index (κ1) is 19.2. The lowest BCUT2D eigenvalue weighted by molar-refractivity contribution is 0.0693. The number of carboxylic acid groups (broad SMARTS) is 1. The van der Waals surface area contributed by atoms with Crippen molar-refractivity contribution in [1.29, 1.82) is 0 Å². The first-order valence-electron chi connectivity index (χ1n) is 8.25. The highest BCUT2D eigenvalue weighted by atomic mass is 32.2. The van der Waals surface area contributed by atoms with Crippen LogP contribution in [0.15, 0.2) is 72.8 Å². The molecule has 0 saturated carbocycles. The van der Waals surface area contributed by atoms with Crippen molar-refractivity contribution in [2.75, 3.05) is 0 Å². The van der Waals surface area contributed by atoms with Crippen molar-refractivity contribution in [2.45, 2.75) is 6.10 Å². The number of hydrogen-bond donors (Lipinski definition) is 2. The number of aromatic hydroxyl groups is 1. The second-order valence-corrected chi connectivity index (χ2v) is 6.70. The van der Waals surface area contributed by atoms with Gasteiger partial charge in [-0.3, -0.25) is 0 Å². The van der Waals surface area contributed by atoms with Crippen molar-refractivity contribution in [2.24, 2.45) is 0 Å². The maximum Gasteiger partial charge on any atom is 0.339 e. The van der Waals surface area contributed by atoms with Crippen molar-refractivity contribution in [3.63, 3.8) is 0 Å². The van der Waals surface area contributed by atoms with E-state index in [0.717, 1.165) is 22.6 Å². The predicted molar refractivity (Wildman–Crippen MR) is 105 cm³/mol. The maximum absolute atomic E-state index is 11.3. The molecule has 6 nitrogen and oxygen atoms in total. The van der Waals surface area contributed by atoms with Crippen LogP contribution < -0.4 is 4.74 Å². The molecule has 0 bridgehead atoms.